The molecular formula is C48H42Cl2N4O10. The fourth-order valence-corrected chi connectivity index (χ4v) is 7.62. The summed E-state index contributed by atoms with van der Waals surface area (Å²) in [5.74, 6) is -2.55. The van der Waals surface area contributed by atoms with Crippen molar-refractivity contribution in [3.63, 3.8) is 0 Å². The molecule has 4 aromatic carbocycles. The quantitative estimate of drug-likeness (QED) is 0.0913. The van der Waals surface area contributed by atoms with Crippen LogP contribution in [0.15, 0.2) is 121 Å². The molecule has 16 heteroatoms. The van der Waals surface area contributed by atoms with Gasteiger partial charge in [0.2, 0.25) is 0 Å². The molecular weight excluding hydrogens is 863 g/mol. The van der Waals surface area contributed by atoms with E-state index in [1.165, 1.54) is 20.8 Å². The number of carbonyl (C=O) groups is 5. The van der Waals surface area contributed by atoms with E-state index < -0.39 is 42.1 Å². The minimum Gasteiger partial charge on any atom is -0.507 e. The van der Waals surface area contributed by atoms with Gasteiger partial charge >= 0.3 is 29.8 Å². The molecule has 0 bridgehead atoms. The largest absolute Gasteiger partial charge is 0.507 e. The molecule has 0 saturated carbocycles. The van der Waals surface area contributed by atoms with E-state index >= 15 is 0 Å². The Bertz CT molecular complexity index is 2790. The van der Waals surface area contributed by atoms with Crippen LogP contribution in [0.4, 0.5) is 0 Å². The first-order valence-electron chi connectivity index (χ1n) is 19.6. The van der Waals surface area contributed by atoms with E-state index in [0.29, 0.717) is 21.2 Å². The number of esters is 5. The number of ether oxygens (including phenoxy) is 4. The van der Waals surface area contributed by atoms with Crippen LogP contribution in [0.5, 0.6) is 0 Å². The predicted molar refractivity (Wildman–Crippen MR) is 237 cm³/mol. The van der Waals surface area contributed by atoms with E-state index in [9.17, 15) is 29.1 Å². The van der Waals surface area contributed by atoms with Crippen LogP contribution in [-0.2, 0) is 42.9 Å². The Hall–Kier alpha value is -7.29. The monoisotopic (exact) mass is 904 g/mol. The van der Waals surface area contributed by atoms with Gasteiger partial charge in [-0.15, -0.1) is 0 Å². The second-order valence-electron chi connectivity index (χ2n) is 14.7. The van der Waals surface area contributed by atoms with E-state index in [1.54, 1.807) is 34.2 Å². The fourth-order valence-electron chi connectivity index (χ4n) is 7.35. The minimum absolute atomic E-state index is 0.0627. The second-order valence-corrected chi connectivity index (χ2v) is 15.6. The van der Waals surface area contributed by atoms with Crippen LogP contribution in [-0.4, -0.2) is 54.5 Å². The summed E-state index contributed by atoms with van der Waals surface area (Å²) < 4.78 is 23.9. The van der Waals surface area contributed by atoms with Gasteiger partial charge in [-0.3, -0.25) is 14.4 Å². The van der Waals surface area contributed by atoms with Gasteiger partial charge in [-0.05, 0) is 85.3 Å². The highest BCUT2D eigenvalue weighted by Crippen LogP contribution is 2.43. The predicted octanol–water partition coefficient (Wildman–Crippen LogP) is 9.52. The Morgan fingerprint density at radius 1 is 0.609 bits per heavy atom. The third-order valence-electron chi connectivity index (χ3n) is 9.76. The Labute approximate surface area is 378 Å². The van der Waals surface area contributed by atoms with Crippen molar-refractivity contribution in [2.75, 3.05) is 0 Å². The lowest BCUT2D eigenvalue weighted by molar-refractivity contribution is -0.156. The summed E-state index contributed by atoms with van der Waals surface area (Å²) in [6, 6.07) is 26.0. The summed E-state index contributed by atoms with van der Waals surface area (Å²) in [6.45, 7) is 11.2. The van der Waals surface area contributed by atoms with Crippen LogP contribution in [0.3, 0.4) is 0 Å². The van der Waals surface area contributed by atoms with Crippen LogP contribution in [0, 0.1) is 27.7 Å². The molecule has 0 fully saturated rings. The Balaban J connectivity index is 0.000000186. The average Bonchev–Trinajstić information content (AvgIpc) is 4.01. The average molecular weight is 906 g/mol. The van der Waals surface area contributed by atoms with Crippen molar-refractivity contribution in [2.45, 2.75) is 60.7 Å². The Morgan fingerprint density at radius 3 is 1.38 bits per heavy atom. The van der Waals surface area contributed by atoms with Crippen molar-refractivity contribution in [3.8, 4) is 11.4 Å². The maximum Gasteiger partial charge on any atom is 0.343 e. The van der Waals surface area contributed by atoms with Crippen molar-refractivity contribution in [1.82, 2.24) is 19.6 Å². The number of aliphatic hydroxyl groups excluding tert-OH is 1. The van der Waals surface area contributed by atoms with E-state index in [2.05, 4.69) is 14.9 Å². The molecule has 2 unspecified atom stereocenters. The van der Waals surface area contributed by atoms with Gasteiger partial charge < -0.3 is 24.1 Å². The summed E-state index contributed by atoms with van der Waals surface area (Å²) in [6.07, 6.45) is 4.97. The summed E-state index contributed by atoms with van der Waals surface area (Å²) >= 11 is 11.9. The highest BCUT2D eigenvalue weighted by atomic mass is 35.5. The summed E-state index contributed by atoms with van der Waals surface area (Å²) in [5, 5.41) is 20.3. The van der Waals surface area contributed by atoms with Gasteiger partial charge in [0.15, 0.2) is 23.7 Å². The normalized spacial score (nSPS) is 15.4. The van der Waals surface area contributed by atoms with Gasteiger partial charge in [0.05, 0.1) is 33.8 Å². The number of rotatable bonds is 7. The van der Waals surface area contributed by atoms with E-state index in [0.717, 1.165) is 44.8 Å². The van der Waals surface area contributed by atoms with Crippen molar-refractivity contribution in [3.05, 3.63) is 176 Å². The second kappa shape index (κ2) is 19.8. The molecule has 328 valence electrons. The number of benzene rings is 4. The molecule has 0 aliphatic carbocycles. The van der Waals surface area contributed by atoms with Crippen LogP contribution in [0.2, 0.25) is 10.0 Å². The zero-order chi connectivity index (χ0) is 46.4. The smallest absolute Gasteiger partial charge is 0.343 e. The topological polar surface area (TPSA) is 178 Å². The molecule has 0 radical (unpaired) electrons. The number of carbonyl (C=O) groups excluding carboxylic acids is 5. The number of nitrogens with zero attached hydrogens (tertiary/aromatic N) is 4. The Morgan fingerprint density at radius 2 is 1.00 bits per heavy atom. The minimum atomic E-state index is -0.780. The van der Waals surface area contributed by atoms with Crippen molar-refractivity contribution < 1.29 is 48.0 Å². The summed E-state index contributed by atoms with van der Waals surface area (Å²) in [5.41, 5.74) is 8.24. The summed E-state index contributed by atoms with van der Waals surface area (Å²) in [4.78, 5) is 56.9. The number of halogens is 2. The molecule has 2 aliphatic heterocycles. The molecule has 4 heterocycles. The highest BCUT2D eigenvalue weighted by Gasteiger charge is 2.40. The standard InChI is InChI=1S/C23H19ClN2O4.C21H17ClN2O3.C4H6O3/c1-13-9-18(26-12-17(24)11-25-26)10-14(2)19(13)20-22(29-15(3)27)21(30-23(20)28)16-7-5-4-6-8-16;1-12-8-16(24-11-15(22)10-23-24)9-13(2)17(12)18-19(25)20(27-21(18)26)14-6-4-3-5-7-14;1-3(5)7-4(2)6/h4-12,21H,1-3H3;3-11,20,25H,1-2H3;1-2H3. The zero-order valence-corrected chi connectivity index (χ0v) is 37.2. The van der Waals surface area contributed by atoms with Gasteiger partial charge in [-0.1, -0.05) is 83.9 Å². The molecule has 0 spiro atoms. The van der Waals surface area contributed by atoms with E-state index in [1.807, 2.05) is 113 Å². The molecule has 2 atom stereocenters. The molecule has 2 aliphatic rings. The van der Waals surface area contributed by atoms with Crippen molar-refractivity contribution in [1.29, 1.82) is 0 Å². The first-order chi connectivity index (χ1) is 30.4. The molecule has 6 aromatic rings. The van der Waals surface area contributed by atoms with Gasteiger partial charge in [-0.25, -0.2) is 19.0 Å². The van der Waals surface area contributed by atoms with Gasteiger partial charge in [-0.2, -0.15) is 10.2 Å². The summed E-state index contributed by atoms with van der Waals surface area (Å²) in [7, 11) is 0. The number of aryl methyl sites for hydroxylation is 4. The fraction of sp³-hybridized carbons (Fsp3) is 0.188. The number of aliphatic hydroxyl groups is 1. The molecule has 1 N–H and O–H groups in total. The molecule has 8 rings (SSSR count). The first-order valence-corrected chi connectivity index (χ1v) is 20.4. The number of hydrogen-bond acceptors (Lipinski definition) is 12. The van der Waals surface area contributed by atoms with Crippen LogP contribution < -0.4 is 0 Å². The number of cyclic esters (lactones) is 2. The van der Waals surface area contributed by atoms with E-state index in [-0.39, 0.29) is 22.7 Å². The lowest BCUT2D eigenvalue weighted by Crippen LogP contribution is -2.08. The van der Waals surface area contributed by atoms with Crippen LogP contribution in [0.25, 0.3) is 22.5 Å². The van der Waals surface area contributed by atoms with Gasteiger partial charge in [0, 0.05) is 44.3 Å². The SMILES string of the molecule is CC(=O)OC(C)=O.CC(=O)OC1=C(c2c(C)cc(-n3cc(Cl)cn3)cc2C)C(=O)OC1c1ccccc1.Cc1cc(-n2cc(Cl)cn2)cc(C)c1C1=C(O)C(c2ccccc2)OC1=O. The Kier molecular flexibility index (Phi) is 14.3. The molecule has 0 saturated heterocycles. The molecule has 0 amide bonds. The molecule has 14 nitrogen and oxygen atoms in total. The lowest BCUT2D eigenvalue weighted by Gasteiger charge is -2.15. The van der Waals surface area contributed by atoms with Crippen molar-refractivity contribution in [2.24, 2.45) is 0 Å². The third-order valence-corrected chi connectivity index (χ3v) is 10.1. The van der Waals surface area contributed by atoms with Crippen LogP contribution in [0.1, 0.15) is 77.5 Å². The number of hydrogen-bond donors (Lipinski definition) is 1. The highest BCUT2D eigenvalue weighted by molar-refractivity contribution is 6.30. The van der Waals surface area contributed by atoms with Crippen molar-refractivity contribution >= 4 is 64.2 Å². The van der Waals surface area contributed by atoms with E-state index in [4.69, 9.17) is 37.4 Å². The van der Waals surface area contributed by atoms with Gasteiger partial charge in [0.1, 0.15) is 11.1 Å². The zero-order valence-electron chi connectivity index (χ0n) is 35.7. The molecule has 64 heavy (non-hydrogen) atoms. The lowest BCUT2D eigenvalue weighted by atomic mass is 9.93. The molecule has 2 aromatic heterocycles. The van der Waals surface area contributed by atoms with Crippen LogP contribution >= 0.6 is 23.2 Å². The first kappa shape index (κ1) is 46.2. The van der Waals surface area contributed by atoms with Gasteiger partial charge in [0.25, 0.3) is 0 Å². The maximum atomic E-state index is 12.9. The maximum absolute atomic E-state index is 12.9. The number of aromatic nitrogens is 4. The third kappa shape index (κ3) is 10.5.